The quantitative estimate of drug-likeness (QED) is 0.286. The number of hydrogen-bond donors (Lipinski definition) is 3. The number of aryl methyl sites for hydroxylation is 1. The van der Waals surface area contributed by atoms with Gasteiger partial charge in [-0.05, 0) is 6.42 Å². The average Bonchev–Trinajstić information content (AvgIpc) is 2.72. The SMILES string of the molecule is CCC(C(=O)NCc1nccn1C)C(N)=NO. The van der Waals surface area contributed by atoms with Crippen LogP contribution in [0.4, 0.5) is 0 Å². The number of nitrogens with zero attached hydrogens (tertiary/aromatic N) is 3. The summed E-state index contributed by atoms with van der Waals surface area (Å²) in [6, 6.07) is 0. The number of hydrogen-bond acceptors (Lipinski definition) is 4. The van der Waals surface area contributed by atoms with E-state index in [1.807, 2.05) is 11.6 Å². The highest BCUT2D eigenvalue weighted by Crippen LogP contribution is 2.03. The number of rotatable bonds is 5. The zero-order valence-electron chi connectivity index (χ0n) is 9.92. The third-order valence-electron chi connectivity index (χ3n) is 2.54. The lowest BCUT2D eigenvalue weighted by Crippen LogP contribution is -2.38. The molecule has 1 aromatic heterocycles. The third-order valence-corrected chi connectivity index (χ3v) is 2.54. The number of aromatic nitrogens is 2. The minimum Gasteiger partial charge on any atom is -0.409 e. The first kappa shape index (κ1) is 13.0. The molecular weight excluding hydrogens is 222 g/mol. The van der Waals surface area contributed by atoms with E-state index in [2.05, 4.69) is 15.5 Å². The van der Waals surface area contributed by atoms with Crippen LogP contribution < -0.4 is 11.1 Å². The number of oxime groups is 1. The van der Waals surface area contributed by atoms with Gasteiger partial charge in [-0.15, -0.1) is 0 Å². The summed E-state index contributed by atoms with van der Waals surface area (Å²) >= 11 is 0. The predicted molar refractivity (Wildman–Crippen MR) is 62.2 cm³/mol. The van der Waals surface area contributed by atoms with E-state index in [9.17, 15) is 4.79 Å². The zero-order valence-corrected chi connectivity index (χ0v) is 9.92. The van der Waals surface area contributed by atoms with Gasteiger partial charge in [-0.25, -0.2) is 4.98 Å². The number of carbonyl (C=O) groups excluding carboxylic acids is 1. The van der Waals surface area contributed by atoms with Crippen molar-refractivity contribution in [2.75, 3.05) is 0 Å². The number of amidine groups is 1. The normalized spacial score (nSPS) is 13.4. The van der Waals surface area contributed by atoms with Gasteiger partial charge in [0.15, 0.2) is 5.84 Å². The molecule has 1 aromatic rings. The third kappa shape index (κ3) is 3.20. The van der Waals surface area contributed by atoms with Crippen LogP contribution in [-0.4, -0.2) is 26.5 Å². The van der Waals surface area contributed by atoms with Crippen LogP contribution in [0.3, 0.4) is 0 Å². The van der Waals surface area contributed by atoms with Gasteiger partial charge in [0.25, 0.3) is 0 Å². The molecule has 0 aliphatic heterocycles. The molecule has 0 fully saturated rings. The average molecular weight is 239 g/mol. The Morgan fingerprint density at radius 3 is 2.94 bits per heavy atom. The predicted octanol–water partition coefficient (Wildman–Crippen LogP) is -0.191. The number of imidazole rings is 1. The summed E-state index contributed by atoms with van der Waals surface area (Å²) in [4.78, 5) is 15.8. The van der Waals surface area contributed by atoms with Gasteiger partial charge in [0.1, 0.15) is 5.82 Å². The standard InChI is InChI=1S/C10H17N5O2/c1-3-7(9(11)14-17)10(16)13-6-8-12-4-5-15(8)2/h4-5,7,17H,3,6H2,1-2H3,(H2,11,14)(H,13,16). The van der Waals surface area contributed by atoms with Crippen molar-refractivity contribution in [1.82, 2.24) is 14.9 Å². The molecule has 1 unspecified atom stereocenters. The van der Waals surface area contributed by atoms with E-state index in [1.54, 1.807) is 19.3 Å². The molecule has 7 heteroatoms. The van der Waals surface area contributed by atoms with E-state index in [0.717, 1.165) is 5.82 Å². The number of carbonyl (C=O) groups is 1. The molecule has 0 spiro atoms. The van der Waals surface area contributed by atoms with E-state index < -0.39 is 5.92 Å². The summed E-state index contributed by atoms with van der Waals surface area (Å²) < 4.78 is 1.81. The fourth-order valence-electron chi connectivity index (χ4n) is 1.45. The maximum atomic E-state index is 11.8. The lowest BCUT2D eigenvalue weighted by Gasteiger charge is -2.13. The zero-order chi connectivity index (χ0) is 12.8. The first-order valence-corrected chi connectivity index (χ1v) is 5.31. The van der Waals surface area contributed by atoms with Crippen LogP contribution in [-0.2, 0) is 18.4 Å². The number of amides is 1. The van der Waals surface area contributed by atoms with Crippen molar-refractivity contribution in [1.29, 1.82) is 0 Å². The van der Waals surface area contributed by atoms with Crippen molar-refractivity contribution in [2.24, 2.45) is 23.9 Å². The van der Waals surface area contributed by atoms with Crippen LogP contribution in [0.15, 0.2) is 17.5 Å². The minimum atomic E-state index is -0.611. The van der Waals surface area contributed by atoms with Gasteiger partial charge in [-0.1, -0.05) is 12.1 Å². The van der Waals surface area contributed by atoms with E-state index in [1.165, 1.54) is 0 Å². The van der Waals surface area contributed by atoms with Crippen LogP contribution in [0.1, 0.15) is 19.2 Å². The second-order valence-electron chi connectivity index (χ2n) is 3.66. The van der Waals surface area contributed by atoms with Crippen LogP contribution >= 0.6 is 0 Å². The molecule has 7 nitrogen and oxygen atoms in total. The largest absolute Gasteiger partial charge is 0.409 e. The second kappa shape index (κ2) is 5.88. The van der Waals surface area contributed by atoms with Crippen molar-refractivity contribution in [3.63, 3.8) is 0 Å². The molecule has 17 heavy (non-hydrogen) atoms. The topological polar surface area (TPSA) is 106 Å². The van der Waals surface area contributed by atoms with Gasteiger partial charge < -0.3 is 20.8 Å². The van der Waals surface area contributed by atoms with Crippen molar-refractivity contribution in [3.05, 3.63) is 18.2 Å². The maximum Gasteiger partial charge on any atom is 0.231 e. The molecule has 0 saturated heterocycles. The van der Waals surface area contributed by atoms with E-state index in [4.69, 9.17) is 10.9 Å². The molecule has 1 atom stereocenters. The summed E-state index contributed by atoms with van der Waals surface area (Å²) in [5, 5.41) is 14.1. The molecule has 1 amide bonds. The van der Waals surface area contributed by atoms with Gasteiger partial charge in [0.05, 0.1) is 12.5 Å². The van der Waals surface area contributed by atoms with Gasteiger partial charge in [-0.3, -0.25) is 4.79 Å². The Labute approximate surface area is 99.3 Å². The summed E-state index contributed by atoms with van der Waals surface area (Å²) in [7, 11) is 1.84. The lowest BCUT2D eigenvalue weighted by atomic mass is 10.1. The van der Waals surface area contributed by atoms with Gasteiger partial charge >= 0.3 is 0 Å². The monoisotopic (exact) mass is 239 g/mol. The fourth-order valence-corrected chi connectivity index (χ4v) is 1.45. The van der Waals surface area contributed by atoms with Crippen molar-refractivity contribution in [3.8, 4) is 0 Å². The molecular formula is C10H17N5O2. The van der Waals surface area contributed by atoms with Crippen LogP contribution in [0, 0.1) is 5.92 Å². The number of nitrogens with one attached hydrogen (secondary N) is 1. The Morgan fingerprint density at radius 1 is 1.76 bits per heavy atom. The first-order chi connectivity index (χ1) is 8.10. The van der Waals surface area contributed by atoms with Gasteiger partial charge in [-0.2, -0.15) is 0 Å². The summed E-state index contributed by atoms with van der Waals surface area (Å²) in [6.45, 7) is 2.11. The van der Waals surface area contributed by atoms with Crippen molar-refractivity contribution < 1.29 is 10.0 Å². The van der Waals surface area contributed by atoms with Gasteiger partial charge in [0.2, 0.25) is 5.91 Å². The Balaban J connectivity index is 2.57. The Hall–Kier alpha value is -2.05. The first-order valence-electron chi connectivity index (χ1n) is 5.31. The summed E-state index contributed by atoms with van der Waals surface area (Å²) in [5.74, 6) is -0.219. The van der Waals surface area contributed by atoms with Crippen LogP contribution in [0.5, 0.6) is 0 Å². The lowest BCUT2D eigenvalue weighted by molar-refractivity contribution is -0.123. The van der Waals surface area contributed by atoms with E-state index >= 15 is 0 Å². The Kier molecular flexibility index (Phi) is 4.50. The summed E-state index contributed by atoms with van der Waals surface area (Å²) in [5.41, 5.74) is 5.43. The Bertz CT molecular complexity index is 413. The molecule has 0 aromatic carbocycles. The smallest absolute Gasteiger partial charge is 0.231 e. The van der Waals surface area contributed by atoms with Crippen molar-refractivity contribution >= 4 is 11.7 Å². The van der Waals surface area contributed by atoms with E-state index in [0.29, 0.717) is 13.0 Å². The molecule has 94 valence electrons. The summed E-state index contributed by atoms with van der Waals surface area (Å²) in [6.07, 6.45) is 3.92. The molecule has 0 radical (unpaired) electrons. The van der Waals surface area contributed by atoms with Crippen molar-refractivity contribution in [2.45, 2.75) is 19.9 Å². The van der Waals surface area contributed by atoms with E-state index in [-0.39, 0.29) is 11.7 Å². The van der Waals surface area contributed by atoms with Crippen LogP contribution in [0.25, 0.3) is 0 Å². The molecule has 4 N–H and O–H groups in total. The minimum absolute atomic E-state index is 0.0789. The highest BCUT2D eigenvalue weighted by atomic mass is 16.4. The maximum absolute atomic E-state index is 11.8. The fraction of sp³-hybridized carbons (Fsp3) is 0.500. The Morgan fingerprint density at radius 2 is 2.47 bits per heavy atom. The highest BCUT2D eigenvalue weighted by molar-refractivity contribution is 6.01. The highest BCUT2D eigenvalue weighted by Gasteiger charge is 2.21. The molecule has 1 rings (SSSR count). The molecule has 1 heterocycles. The molecule has 0 saturated carbocycles. The van der Waals surface area contributed by atoms with Gasteiger partial charge in [0, 0.05) is 19.4 Å². The molecule has 0 aliphatic carbocycles. The second-order valence-corrected chi connectivity index (χ2v) is 3.66. The molecule has 0 bridgehead atoms. The van der Waals surface area contributed by atoms with Crippen LogP contribution in [0.2, 0.25) is 0 Å². The molecule has 0 aliphatic rings. The number of nitrogens with two attached hydrogens (primary N) is 1.